The number of carbonyl (C=O) groups excluding carboxylic acids is 2. The minimum absolute atomic E-state index is 0.0472. The van der Waals surface area contributed by atoms with E-state index in [4.69, 9.17) is 9.15 Å². The van der Waals surface area contributed by atoms with E-state index in [0.29, 0.717) is 5.75 Å². The van der Waals surface area contributed by atoms with Crippen molar-refractivity contribution in [1.29, 1.82) is 0 Å². The van der Waals surface area contributed by atoms with Gasteiger partial charge in [0.25, 0.3) is 11.8 Å². The number of amides is 2. The minimum atomic E-state index is -4.76. The fraction of sp³-hybridized carbons (Fsp3) is 0.100. The molecule has 1 aromatic heterocycles. The number of benzene rings is 2. The van der Waals surface area contributed by atoms with Crippen LogP contribution >= 0.6 is 0 Å². The van der Waals surface area contributed by atoms with Crippen LogP contribution in [0.2, 0.25) is 0 Å². The SMILES string of the molecule is O=C(COc1ccccc1)Nc1ccc(NC(=O)c2ccco2)cc1C(F)(F)F. The molecule has 0 unspecified atom stereocenters. The summed E-state index contributed by atoms with van der Waals surface area (Å²) in [7, 11) is 0. The zero-order chi connectivity index (χ0) is 20.9. The van der Waals surface area contributed by atoms with Gasteiger partial charge in [-0.2, -0.15) is 13.2 Å². The quantitative estimate of drug-likeness (QED) is 0.631. The Morgan fingerprint density at radius 3 is 2.38 bits per heavy atom. The Hall–Kier alpha value is -3.75. The van der Waals surface area contributed by atoms with Crippen LogP contribution in [0.15, 0.2) is 71.3 Å². The van der Waals surface area contributed by atoms with Crippen LogP contribution in [0.3, 0.4) is 0 Å². The Balaban J connectivity index is 1.72. The van der Waals surface area contributed by atoms with Gasteiger partial charge in [0.05, 0.1) is 17.5 Å². The number of ether oxygens (including phenoxy) is 1. The van der Waals surface area contributed by atoms with Crippen molar-refractivity contribution in [2.75, 3.05) is 17.2 Å². The maximum Gasteiger partial charge on any atom is 0.418 e. The van der Waals surface area contributed by atoms with Crippen molar-refractivity contribution in [3.05, 3.63) is 78.3 Å². The molecule has 0 spiro atoms. The molecule has 0 saturated heterocycles. The third-order valence-corrected chi connectivity index (χ3v) is 3.72. The van der Waals surface area contributed by atoms with E-state index in [1.807, 2.05) is 0 Å². The highest BCUT2D eigenvalue weighted by Gasteiger charge is 2.34. The molecule has 0 aliphatic carbocycles. The van der Waals surface area contributed by atoms with E-state index in [-0.39, 0.29) is 11.4 Å². The van der Waals surface area contributed by atoms with Crippen LogP contribution in [0.4, 0.5) is 24.5 Å². The average Bonchev–Trinajstić information content (AvgIpc) is 3.22. The number of hydrogen-bond donors (Lipinski definition) is 2. The molecule has 3 rings (SSSR count). The first-order chi connectivity index (χ1) is 13.8. The lowest BCUT2D eigenvalue weighted by molar-refractivity contribution is -0.137. The number of furan rings is 1. The molecule has 0 aliphatic heterocycles. The van der Waals surface area contributed by atoms with Gasteiger partial charge in [0, 0.05) is 5.69 Å². The van der Waals surface area contributed by atoms with E-state index in [2.05, 4.69) is 10.6 Å². The largest absolute Gasteiger partial charge is 0.484 e. The van der Waals surface area contributed by atoms with E-state index >= 15 is 0 Å². The zero-order valence-electron chi connectivity index (χ0n) is 14.8. The summed E-state index contributed by atoms with van der Waals surface area (Å²) in [5.74, 6) is -1.09. The summed E-state index contributed by atoms with van der Waals surface area (Å²) in [6.45, 7) is -0.460. The van der Waals surface area contributed by atoms with Gasteiger partial charge in [0.15, 0.2) is 12.4 Å². The van der Waals surface area contributed by atoms with E-state index in [1.165, 1.54) is 24.5 Å². The van der Waals surface area contributed by atoms with E-state index < -0.39 is 35.8 Å². The van der Waals surface area contributed by atoms with Crippen LogP contribution in [-0.4, -0.2) is 18.4 Å². The summed E-state index contributed by atoms with van der Waals surface area (Å²) < 4.78 is 50.4. The van der Waals surface area contributed by atoms with Crippen LogP contribution in [-0.2, 0) is 11.0 Å². The van der Waals surface area contributed by atoms with Crippen molar-refractivity contribution in [2.45, 2.75) is 6.18 Å². The van der Waals surface area contributed by atoms with Gasteiger partial charge in [-0.05, 0) is 42.5 Å². The minimum Gasteiger partial charge on any atom is -0.484 e. The number of halogens is 3. The Kier molecular flexibility index (Phi) is 5.87. The second-order valence-electron chi connectivity index (χ2n) is 5.84. The van der Waals surface area contributed by atoms with Crippen molar-refractivity contribution >= 4 is 23.2 Å². The van der Waals surface area contributed by atoms with Crippen molar-refractivity contribution in [3.63, 3.8) is 0 Å². The Morgan fingerprint density at radius 1 is 0.966 bits per heavy atom. The van der Waals surface area contributed by atoms with Gasteiger partial charge >= 0.3 is 6.18 Å². The first kappa shape index (κ1) is 20.0. The molecule has 0 atom stereocenters. The Bertz CT molecular complexity index is 987. The lowest BCUT2D eigenvalue weighted by Gasteiger charge is -2.16. The standard InChI is InChI=1S/C20H15F3N2O4/c21-20(22,23)15-11-13(24-19(27)17-7-4-10-28-17)8-9-16(15)25-18(26)12-29-14-5-2-1-3-6-14/h1-11H,12H2,(H,24,27)(H,25,26). The third kappa shape index (κ3) is 5.38. The molecule has 0 saturated carbocycles. The van der Waals surface area contributed by atoms with Crippen LogP contribution in [0.5, 0.6) is 5.75 Å². The van der Waals surface area contributed by atoms with Crippen molar-refractivity contribution in [1.82, 2.24) is 0 Å². The summed E-state index contributed by atoms with van der Waals surface area (Å²) in [6.07, 6.45) is -3.49. The summed E-state index contributed by atoms with van der Waals surface area (Å²) in [5.41, 5.74) is -1.66. The van der Waals surface area contributed by atoms with E-state index in [0.717, 1.165) is 12.1 Å². The molecule has 3 aromatic rings. The fourth-order valence-corrected chi connectivity index (χ4v) is 2.42. The fourth-order valence-electron chi connectivity index (χ4n) is 2.42. The smallest absolute Gasteiger partial charge is 0.418 e. The van der Waals surface area contributed by atoms with Gasteiger partial charge in [-0.1, -0.05) is 18.2 Å². The zero-order valence-corrected chi connectivity index (χ0v) is 14.8. The Labute approximate surface area is 163 Å². The molecular formula is C20H15F3N2O4. The molecule has 0 radical (unpaired) electrons. The molecular weight excluding hydrogens is 389 g/mol. The highest BCUT2D eigenvalue weighted by Crippen LogP contribution is 2.36. The molecule has 29 heavy (non-hydrogen) atoms. The van der Waals surface area contributed by atoms with Crippen molar-refractivity contribution in [3.8, 4) is 5.75 Å². The number of rotatable bonds is 6. The van der Waals surface area contributed by atoms with E-state index in [9.17, 15) is 22.8 Å². The normalized spacial score (nSPS) is 11.0. The predicted molar refractivity (Wildman–Crippen MR) is 98.7 cm³/mol. The topological polar surface area (TPSA) is 80.6 Å². The van der Waals surface area contributed by atoms with Gasteiger partial charge in [-0.15, -0.1) is 0 Å². The first-order valence-corrected chi connectivity index (χ1v) is 8.37. The van der Waals surface area contributed by atoms with Crippen LogP contribution in [0.25, 0.3) is 0 Å². The maximum atomic E-state index is 13.4. The lowest BCUT2D eigenvalue weighted by Crippen LogP contribution is -2.22. The average molecular weight is 404 g/mol. The number of hydrogen-bond acceptors (Lipinski definition) is 4. The molecule has 1 heterocycles. The first-order valence-electron chi connectivity index (χ1n) is 8.37. The molecule has 0 bridgehead atoms. The second kappa shape index (κ2) is 8.51. The molecule has 9 heteroatoms. The van der Waals surface area contributed by atoms with Gasteiger partial charge < -0.3 is 19.8 Å². The molecule has 2 amide bonds. The van der Waals surface area contributed by atoms with Crippen molar-refractivity contribution < 1.29 is 31.9 Å². The molecule has 6 nitrogen and oxygen atoms in total. The van der Waals surface area contributed by atoms with Gasteiger partial charge in [-0.25, -0.2) is 0 Å². The molecule has 0 fully saturated rings. The van der Waals surface area contributed by atoms with Gasteiger partial charge in [-0.3, -0.25) is 9.59 Å². The highest BCUT2D eigenvalue weighted by molar-refractivity contribution is 6.02. The van der Waals surface area contributed by atoms with Gasteiger partial charge in [0.1, 0.15) is 5.75 Å². The highest BCUT2D eigenvalue weighted by atomic mass is 19.4. The number of anilines is 2. The Morgan fingerprint density at radius 2 is 1.72 bits per heavy atom. The number of para-hydroxylation sites is 1. The maximum absolute atomic E-state index is 13.4. The number of alkyl halides is 3. The number of carbonyl (C=O) groups is 2. The van der Waals surface area contributed by atoms with Crippen LogP contribution in [0.1, 0.15) is 16.1 Å². The lowest BCUT2D eigenvalue weighted by atomic mass is 10.1. The summed E-state index contributed by atoms with van der Waals surface area (Å²) in [4.78, 5) is 23.9. The second-order valence-corrected chi connectivity index (χ2v) is 5.84. The van der Waals surface area contributed by atoms with Crippen LogP contribution < -0.4 is 15.4 Å². The third-order valence-electron chi connectivity index (χ3n) is 3.72. The molecule has 0 aliphatic rings. The monoisotopic (exact) mass is 404 g/mol. The van der Waals surface area contributed by atoms with E-state index in [1.54, 1.807) is 30.3 Å². The molecule has 150 valence electrons. The van der Waals surface area contributed by atoms with Crippen molar-refractivity contribution in [2.24, 2.45) is 0 Å². The molecule has 2 N–H and O–H groups in total. The summed E-state index contributed by atoms with van der Waals surface area (Å²) in [6, 6.07) is 14.3. The van der Waals surface area contributed by atoms with Crippen LogP contribution in [0, 0.1) is 0 Å². The predicted octanol–water partition coefficient (Wildman–Crippen LogP) is 4.57. The summed E-state index contributed by atoms with van der Waals surface area (Å²) >= 11 is 0. The summed E-state index contributed by atoms with van der Waals surface area (Å²) in [5, 5.41) is 4.49. The van der Waals surface area contributed by atoms with Gasteiger partial charge in [0.2, 0.25) is 0 Å². The molecule has 2 aromatic carbocycles. The number of nitrogens with one attached hydrogen (secondary N) is 2.